The number of nitrogens with zero attached hydrogens (tertiary/aromatic N) is 2. The molecule has 2 rings (SSSR count). The molecule has 0 saturated carbocycles. The number of aryl methyl sites for hydroxylation is 1. The van der Waals surface area contributed by atoms with Crippen LogP contribution in [0.2, 0.25) is 0 Å². The first-order valence-electron chi connectivity index (χ1n) is 6.42. The molecule has 3 heteroatoms. The van der Waals surface area contributed by atoms with E-state index in [1.807, 2.05) is 19.6 Å². The molecule has 96 valence electrons. The van der Waals surface area contributed by atoms with E-state index < -0.39 is 0 Å². The molecule has 1 heterocycles. The van der Waals surface area contributed by atoms with Gasteiger partial charge < -0.3 is 9.88 Å². The fraction of sp³-hybridized carbons (Fsp3) is 0.400. The van der Waals surface area contributed by atoms with Gasteiger partial charge in [0.15, 0.2) is 0 Å². The van der Waals surface area contributed by atoms with E-state index in [-0.39, 0.29) is 0 Å². The lowest BCUT2D eigenvalue weighted by Gasteiger charge is -2.14. The lowest BCUT2D eigenvalue weighted by atomic mass is 10.1. The van der Waals surface area contributed by atoms with Crippen molar-refractivity contribution in [3.63, 3.8) is 0 Å². The molecule has 1 unspecified atom stereocenters. The number of benzene rings is 1. The van der Waals surface area contributed by atoms with Crippen LogP contribution < -0.4 is 5.32 Å². The fourth-order valence-electron chi connectivity index (χ4n) is 2.18. The zero-order valence-corrected chi connectivity index (χ0v) is 11.4. The van der Waals surface area contributed by atoms with Gasteiger partial charge in [-0.25, -0.2) is 4.98 Å². The molecule has 0 saturated heterocycles. The number of rotatable bonds is 5. The van der Waals surface area contributed by atoms with Gasteiger partial charge in [0.05, 0.1) is 18.2 Å². The van der Waals surface area contributed by atoms with Crippen LogP contribution in [-0.2, 0) is 6.54 Å². The van der Waals surface area contributed by atoms with Crippen LogP contribution in [0.4, 0.5) is 0 Å². The van der Waals surface area contributed by atoms with Crippen LogP contribution in [-0.4, -0.2) is 23.1 Å². The summed E-state index contributed by atoms with van der Waals surface area (Å²) in [6.45, 7) is 6.36. The van der Waals surface area contributed by atoms with Gasteiger partial charge in [-0.15, -0.1) is 0 Å². The minimum Gasteiger partial charge on any atom is -0.330 e. The largest absolute Gasteiger partial charge is 0.330 e. The highest BCUT2D eigenvalue weighted by Gasteiger charge is 2.08. The molecule has 0 bridgehead atoms. The Morgan fingerprint density at radius 1 is 1.28 bits per heavy atom. The molecule has 0 aliphatic carbocycles. The molecule has 18 heavy (non-hydrogen) atoms. The molecule has 1 N–H and O–H groups in total. The van der Waals surface area contributed by atoms with Crippen molar-refractivity contribution in [3.8, 4) is 11.3 Å². The molecule has 0 fully saturated rings. The summed E-state index contributed by atoms with van der Waals surface area (Å²) in [5.74, 6) is 0.591. The van der Waals surface area contributed by atoms with E-state index in [0.29, 0.717) is 5.92 Å². The Morgan fingerprint density at radius 2 is 2.00 bits per heavy atom. The van der Waals surface area contributed by atoms with Crippen LogP contribution in [0.5, 0.6) is 0 Å². The van der Waals surface area contributed by atoms with Gasteiger partial charge in [0.25, 0.3) is 0 Å². The topological polar surface area (TPSA) is 29.9 Å². The lowest BCUT2D eigenvalue weighted by Crippen LogP contribution is -2.20. The van der Waals surface area contributed by atoms with E-state index >= 15 is 0 Å². The van der Waals surface area contributed by atoms with Crippen molar-refractivity contribution >= 4 is 0 Å². The Kier molecular flexibility index (Phi) is 4.15. The van der Waals surface area contributed by atoms with Crippen LogP contribution in [0.25, 0.3) is 11.3 Å². The highest BCUT2D eigenvalue weighted by Crippen LogP contribution is 2.20. The molecule has 1 aromatic heterocycles. The molecule has 0 spiro atoms. The number of aromatic nitrogens is 2. The first-order valence-corrected chi connectivity index (χ1v) is 6.42. The van der Waals surface area contributed by atoms with Gasteiger partial charge in [-0.05, 0) is 32.0 Å². The molecule has 0 aliphatic rings. The fourth-order valence-corrected chi connectivity index (χ4v) is 2.18. The number of nitrogens with one attached hydrogen (secondary N) is 1. The summed E-state index contributed by atoms with van der Waals surface area (Å²) >= 11 is 0. The average Bonchev–Trinajstić information content (AvgIpc) is 2.78. The van der Waals surface area contributed by atoms with E-state index in [1.54, 1.807) is 0 Å². The Balaban J connectivity index is 2.19. The van der Waals surface area contributed by atoms with Crippen molar-refractivity contribution in [1.82, 2.24) is 14.9 Å². The van der Waals surface area contributed by atoms with Crippen molar-refractivity contribution in [1.29, 1.82) is 0 Å². The zero-order chi connectivity index (χ0) is 13.0. The quantitative estimate of drug-likeness (QED) is 0.875. The van der Waals surface area contributed by atoms with Gasteiger partial charge in [0, 0.05) is 6.54 Å². The molecular formula is C15H21N3. The minimum atomic E-state index is 0.591. The standard InChI is InChI=1S/C15H21N3/c1-12-4-6-14(7-5-12)15-9-17-11-18(15)10-13(2)8-16-3/h4-7,9,11,13,16H,8,10H2,1-3H3. The molecule has 0 aliphatic heterocycles. The first kappa shape index (κ1) is 12.8. The molecule has 0 amide bonds. The molecule has 1 atom stereocenters. The Bertz CT molecular complexity index is 485. The summed E-state index contributed by atoms with van der Waals surface area (Å²) < 4.78 is 2.23. The Hall–Kier alpha value is -1.61. The minimum absolute atomic E-state index is 0.591. The van der Waals surface area contributed by atoms with Crippen molar-refractivity contribution < 1.29 is 0 Å². The summed E-state index contributed by atoms with van der Waals surface area (Å²) in [6, 6.07) is 8.60. The summed E-state index contributed by atoms with van der Waals surface area (Å²) in [4.78, 5) is 4.28. The van der Waals surface area contributed by atoms with E-state index in [4.69, 9.17) is 0 Å². The SMILES string of the molecule is CNCC(C)Cn1cncc1-c1ccc(C)cc1. The third kappa shape index (κ3) is 2.99. The van der Waals surface area contributed by atoms with Crippen LogP contribution in [0.3, 0.4) is 0 Å². The summed E-state index contributed by atoms with van der Waals surface area (Å²) in [6.07, 6.45) is 3.86. The second-order valence-corrected chi connectivity index (χ2v) is 4.96. The molecule has 0 radical (unpaired) electrons. The van der Waals surface area contributed by atoms with Gasteiger partial charge in [-0.1, -0.05) is 36.8 Å². The van der Waals surface area contributed by atoms with Crippen molar-refractivity contribution in [3.05, 3.63) is 42.4 Å². The summed E-state index contributed by atoms with van der Waals surface area (Å²) in [7, 11) is 1.99. The van der Waals surface area contributed by atoms with Gasteiger partial charge in [0.2, 0.25) is 0 Å². The Labute approximate surface area is 109 Å². The van der Waals surface area contributed by atoms with Crippen molar-refractivity contribution in [2.45, 2.75) is 20.4 Å². The predicted molar refractivity (Wildman–Crippen MR) is 75.5 cm³/mol. The maximum Gasteiger partial charge on any atom is 0.0951 e. The third-order valence-electron chi connectivity index (χ3n) is 3.12. The van der Waals surface area contributed by atoms with Gasteiger partial charge >= 0.3 is 0 Å². The first-order chi connectivity index (χ1) is 8.70. The number of hydrogen-bond donors (Lipinski definition) is 1. The highest BCUT2D eigenvalue weighted by molar-refractivity contribution is 5.59. The maximum atomic E-state index is 4.28. The molecule has 1 aromatic carbocycles. The third-order valence-corrected chi connectivity index (χ3v) is 3.12. The average molecular weight is 243 g/mol. The lowest BCUT2D eigenvalue weighted by molar-refractivity contribution is 0.464. The monoisotopic (exact) mass is 243 g/mol. The van der Waals surface area contributed by atoms with E-state index in [9.17, 15) is 0 Å². The Morgan fingerprint density at radius 3 is 2.67 bits per heavy atom. The second kappa shape index (κ2) is 5.83. The van der Waals surface area contributed by atoms with Gasteiger partial charge in [-0.3, -0.25) is 0 Å². The number of hydrogen-bond acceptors (Lipinski definition) is 2. The van der Waals surface area contributed by atoms with Crippen LogP contribution in [0, 0.1) is 12.8 Å². The molecule has 3 nitrogen and oxygen atoms in total. The molecular weight excluding hydrogens is 222 g/mol. The van der Waals surface area contributed by atoms with E-state index in [1.165, 1.54) is 16.8 Å². The van der Waals surface area contributed by atoms with Gasteiger partial charge in [0.1, 0.15) is 0 Å². The maximum absolute atomic E-state index is 4.28. The van der Waals surface area contributed by atoms with Crippen LogP contribution in [0.1, 0.15) is 12.5 Å². The van der Waals surface area contributed by atoms with E-state index in [2.05, 4.69) is 53.0 Å². The highest BCUT2D eigenvalue weighted by atomic mass is 15.0. The number of imidazole rings is 1. The summed E-state index contributed by atoms with van der Waals surface area (Å²) in [5, 5.41) is 3.21. The normalized spacial score (nSPS) is 12.6. The van der Waals surface area contributed by atoms with Crippen LogP contribution >= 0.6 is 0 Å². The zero-order valence-electron chi connectivity index (χ0n) is 11.4. The van der Waals surface area contributed by atoms with E-state index in [0.717, 1.165) is 13.1 Å². The van der Waals surface area contributed by atoms with Crippen LogP contribution in [0.15, 0.2) is 36.8 Å². The predicted octanol–water partition coefficient (Wildman–Crippen LogP) is 2.71. The smallest absolute Gasteiger partial charge is 0.0951 e. The van der Waals surface area contributed by atoms with Crippen molar-refractivity contribution in [2.24, 2.45) is 5.92 Å². The van der Waals surface area contributed by atoms with Crippen molar-refractivity contribution in [2.75, 3.05) is 13.6 Å². The molecule has 2 aromatic rings. The second-order valence-electron chi connectivity index (χ2n) is 4.96. The van der Waals surface area contributed by atoms with Gasteiger partial charge in [-0.2, -0.15) is 0 Å². The summed E-state index contributed by atoms with van der Waals surface area (Å²) in [5.41, 5.74) is 3.71.